The average molecular weight is 221 g/mol. The van der Waals surface area contributed by atoms with Gasteiger partial charge in [-0.3, -0.25) is 10.9 Å². The van der Waals surface area contributed by atoms with Crippen LogP contribution in [0.4, 0.5) is 0 Å². The molecule has 6 heteroatoms. The largest absolute Gasteiger partial charge is 0.481 e. The number of methoxy groups -OCH3 is 2. The van der Waals surface area contributed by atoms with Gasteiger partial charge in [0.2, 0.25) is 5.88 Å². The Kier molecular flexibility index (Phi) is 4.06. The fraction of sp³-hybridized carbons (Fsp3) is 0.500. The second-order valence-corrected chi connectivity index (χ2v) is 3.11. The third-order valence-electron chi connectivity index (χ3n) is 1.73. The first kappa shape index (κ1) is 11.2. The minimum atomic E-state index is -0.765. The number of ether oxygens (including phenoxy) is 2. The van der Waals surface area contributed by atoms with E-state index in [1.54, 1.807) is 6.08 Å². The summed E-state index contributed by atoms with van der Waals surface area (Å²) in [6, 6.07) is 0. The van der Waals surface area contributed by atoms with Gasteiger partial charge in [-0.1, -0.05) is 11.6 Å². The number of hydrogen-bond acceptors (Lipinski definition) is 5. The highest BCUT2D eigenvalue weighted by molar-refractivity contribution is 6.29. The quantitative estimate of drug-likeness (QED) is 0.584. The van der Waals surface area contributed by atoms with E-state index in [1.807, 2.05) is 0 Å². The maximum Gasteiger partial charge on any atom is 0.211 e. The highest BCUT2D eigenvalue weighted by Gasteiger charge is 2.19. The fourth-order valence-electron chi connectivity index (χ4n) is 1.09. The molecule has 0 saturated carbocycles. The van der Waals surface area contributed by atoms with Crippen molar-refractivity contribution in [3.63, 3.8) is 0 Å². The van der Waals surface area contributed by atoms with E-state index in [9.17, 15) is 5.11 Å². The van der Waals surface area contributed by atoms with Gasteiger partial charge in [-0.05, 0) is 6.08 Å². The summed E-state index contributed by atoms with van der Waals surface area (Å²) in [5.74, 6) is 0.430. The SMILES string of the molecule is COCC(O)C1=C(OC)NNC(Cl)=C1. The van der Waals surface area contributed by atoms with Crippen LogP contribution in [0.2, 0.25) is 0 Å². The number of aliphatic hydroxyl groups is 1. The van der Waals surface area contributed by atoms with Crippen molar-refractivity contribution in [3.05, 3.63) is 22.7 Å². The van der Waals surface area contributed by atoms with Crippen LogP contribution in [0.3, 0.4) is 0 Å². The van der Waals surface area contributed by atoms with Crippen LogP contribution < -0.4 is 10.9 Å². The molecule has 0 aromatic carbocycles. The van der Waals surface area contributed by atoms with Gasteiger partial charge < -0.3 is 14.6 Å². The van der Waals surface area contributed by atoms with E-state index in [1.165, 1.54) is 14.2 Å². The van der Waals surface area contributed by atoms with Gasteiger partial charge in [0.1, 0.15) is 11.3 Å². The van der Waals surface area contributed by atoms with Crippen molar-refractivity contribution in [2.75, 3.05) is 20.8 Å². The molecule has 0 aliphatic carbocycles. The molecule has 0 amide bonds. The number of rotatable bonds is 4. The van der Waals surface area contributed by atoms with Crippen LogP contribution in [-0.4, -0.2) is 32.0 Å². The van der Waals surface area contributed by atoms with Gasteiger partial charge in [-0.2, -0.15) is 0 Å². The Labute approximate surface area is 87.3 Å². The molecule has 1 rings (SSSR count). The van der Waals surface area contributed by atoms with Crippen LogP contribution in [0.1, 0.15) is 0 Å². The van der Waals surface area contributed by atoms with E-state index < -0.39 is 6.10 Å². The summed E-state index contributed by atoms with van der Waals surface area (Å²) < 4.78 is 9.83. The normalized spacial score (nSPS) is 18.1. The molecule has 0 fully saturated rings. The van der Waals surface area contributed by atoms with Crippen LogP contribution in [-0.2, 0) is 9.47 Å². The molecule has 1 aliphatic rings. The molecule has 1 atom stereocenters. The lowest BCUT2D eigenvalue weighted by atomic mass is 10.1. The summed E-state index contributed by atoms with van der Waals surface area (Å²) >= 11 is 5.72. The van der Waals surface area contributed by atoms with Gasteiger partial charge >= 0.3 is 0 Å². The molecular formula is C8H13ClN2O3. The number of hydrogen-bond donors (Lipinski definition) is 3. The van der Waals surface area contributed by atoms with Gasteiger partial charge in [0.25, 0.3) is 0 Å². The second kappa shape index (κ2) is 5.09. The van der Waals surface area contributed by atoms with Crippen LogP contribution >= 0.6 is 11.6 Å². The van der Waals surface area contributed by atoms with Gasteiger partial charge in [0, 0.05) is 12.7 Å². The van der Waals surface area contributed by atoms with E-state index >= 15 is 0 Å². The highest BCUT2D eigenvalue weighted by atomic mass is 35.5. The topological polar surface area (TPSA) is 62.8 Å². The average Bonchev–Trinajstić information content (AvgIpc) is 2.18. The minimum Gasteiger partial charge on any atom is -0.481 e. The van der Waals surface area contributed by atoms with E-state index in [-0.39, 0.29) is 6.61 Å². The van der Waals surface area contributed by atoms with Crippen molar-refractivity contribution in [1.82, 2.24) is 10.9 Å². The van der Waals surface area contributed by atoms with Gasteiger partial charge in [-0.25, -0.2) is 0 Å². The number of hydrazine groups is 1. The summed E-state index contributed by atoms with van der Waals surface area (Å²) in [4.78, 5) is 0. The second-order valence-electron chi connectivity index (χ2n) is 2.70. The number of halogens is 1. The third kappa shape index (κ3) is 2.54. The maximum atomic E-state index is 9.66. The highest BCUT2D eigenvalue weighted by Crippen LogP contribution is 2.16. The van der Waals surface area contributed by atoms with E-state index in [2.05, 4.69) is 10.9 Å². The van der Waals surface area contributed by atoms with Crippen LogP contribution in [0.15, 0.2) is 22.7 Å². The zero-order chi connectivity index (χ0) is 10.6. The van der Waals surface area contributed by atoms with E-state index in [4.69, 9.17) is 21.1 Å². The van der Waals surface area contributed by atoms with Crippen LogP contribution in [0, 0.1) is 0 Å². The van der Waals surface area contributed by atoms with Gasteiger partial charge in [-0.15, -0.1) is 0 Å². The molecule has 5 nitrogen and oxygen atoms in total. The predicted molar refractivity (Wildman–Crippen MR) is 52.1 cm³/mol. The van der Waals surface area contributed by atoms with Gasteiger partial charge in [0.15, 0.2) is 0 Å². The summed E-state index contributed by atoms with van der Waals surface area (Å²) in [7, 11) is 3.01. The first-order chi connectivity index (χ1) is 6.69. The number of aliphatic hydroxyl groups excluding tert-OH is 1. The van der Waals surface area contributed by atoms with Crippen molar-refractivity contribution in [3.8, 4) is 0 Å². The van der Waals surface area contributed by atoms with Crippen molar-refractivity contribution >= 4 is 11.6 Å². The molecule has 0 aromatic rings. The van der Waals surface area contributed by atoms with Crippen LogP contribution in [0.25, 0.3) is 0 Å². The number of nitrogens with one attached hydrogen (secondary N) is 2. The van der Waals surface area contributed by atoms with Crippen molar-refractivity contribution < 1.29 is 14.6 Å². The van der Waals surface area contributed by atoms with Crippen molar-refractivity contribution in [1.29, 1.82) is 0 Å². The predicted octanol–water partition coefficient (Wildman–Crippen LogP) is 0.0397. The first-order valence-corrected chi connectivity index (χ1v) is 4.41. The third-order valence-corrected chi connectivity index (χ3v) is 1.93. The van der Waals surface area contributed by atoms with Crippen LogP contribution in [0.5, 0.6) is 0 Å². The molecule has 1 aliphatic heterocycles. The molecule has 0 spiro atoms. The Hall–Kier alpha value is -0.910. The van der Waals surface area contributed by atoms with Gasteiger partial charge in [0.05, 0.1) is 13.7 Å². The summed E-state index contributed by atoms with van der Waals surface area (Å²) in [6.45, 7) is 0.185. The lowest BCUT2D eigenvalue weighted by Gasteiger charge is -2.22. The molecular weight excluding hydrogens is 208 g/mol. The molecule has 0 bridgehead atoms. The monoisotopic (exact) mass is 220 g/mol. The molecule has 0 saturated heterocycles. The molecule has 3 N–H and O–H groups in total. The smallest absolute Gasteiger partial charge is 0.211 e. The van der Waals surface area contributed by atoms with Crippen molar-refractivity contribution in [2.24, 2.45) is 0 Å². The van der Waals surface area contributed by atoms with E-state index in [0.717, 1.165) is 0 Å². The molecule has 80 valence electrons. The summed E-state index contributed by atoms with van der Waals surface area (Å²) in [5.41, 5.74) is 5.91. The summed E-state index contributed by atoms with van der Waals surface area (Å²) in [5, 5.41) is 10.0. The molecule has 0 aromatic heterocycles. The first-order valence-electron chi connectivity index (χ1n) is 4.03. The molecule has 14 heavy (non-hydrogen) atoms. The standard InChI is InChI=1S/C8H13ClN2O3/c1-13-4-6(12)5-3-7(9)10-11-8(5)14-2/h3,6,10-12H,4H2,1-2H3. The Balaban J connectivity index is 2.83. The zero-order valence-corrected chi connectivity index (χ0v) is 8.76. The Morgan fingerprint density at radius 3 is 2.79 bits per heavy atom. The van der Waals surface area contributed by atoms with Crippen molar-refractivity contribution in [2.45, 2.75) is 6.10 Å². The Bertz CT molecular complexity index is 265. The maximum absolute atomic E-state index is 9.66. The Morgan fingerprint density at radius 1 is 1.50 bits per heavy atom. The molecule has 1 unspecified atom stereocenters. The fourth-order valence-corrected chi connectivity index (χ4v) is 1.26. The lowest BCUT2D eigenvalue weighted by Crippen LogP contribution is -2.36. The zero-order valence-electron chi connectivity index (χ0n) is 8.00. The van der Waals surface area contributed by atoms with E-state index in [0.29, 0.717) is 16.6 Å². The molecule has 0 radical (unpaired) electrons. The summed E-state index contributed by atoms with van der Waals surface area (Å²) in [6.07, 6.45) is 0.818. The lowest BCUT2D eigenvalue weighted by molar-refractivity contribution is 0.0828. The Morgan fingerprint density at radius 2 is 2.21 bits per heavy atom. The molecule has 1 heterocycles. The minimum absolute atomic E-state index is 0.185.